The number of hydrogen-bond acceptors (Lipinski definition) is 2. The third kappa shape index (κ3) is 4.15. The Bertz CT molecular complexity index is 393. The molecule has 2 rings (SSSR count). The van der Waals surface area contributed by atoms with Gasteiger partial charge >= 0.3 is 0 Å². The SMILES string of the molecule is OC(CSC1CCCC1)Cc1ccc(F)c(Cl)c1. The van der Waals surface area contributed by atoms with E-state index in [9.17, 15) is 9.50 Å². The van der Waals surface area contributed by atoms with E-state index in [1.54, 1.807) is 12.1 Å². The summed E-state index contributed by atoms with van der Waals surface area (Å²) in [5, 5.41) is 10.8. The van der Waals surface area contributed by atoms with Crippen LogP contribution < -0.4 is 0 Å². The average Bonchev–Trinajstić information content (AvgIpc) is 2.84. The van der Waals surface area contributed by atoms with E-state index in [1.807, 2.05) is 11.8 Å². The van der Waals surface area contributed by atoms with Crippen LogP contribution in [-0.2, 0) is 6.42 Å². The molecule has 0 heterocycles. The van der Waals surface area contributed by atoms with Crippen molar-refractivity contribution in [3.63, 3.8) is 0 Å². The van der Waals surface area contributed by atoms with Gasteiger partial charge in [-0.2, -0.15) is 11.8 Å². The number of aliphatic hydroxyl groups excluding tert-OH is 1. The number of aliphatic hydroxyl groups is 1. The van der Waals surface area contributed by atoms with Gasteiger partial charge in [0.05, 0.1) is 11.1 Å². The minimum Gasteiger partial charge on any atom is -0.392 e. The summed E-state index contributed by atoms with van der Waals surface area (Å²) in [6.07, 6.45) is 5.36. The van der Waals surface area contributed by atoms with Crippen molar-refractivity contribution in [3.8, 4) is 0 Å². The fourth-order valence-electron chi connectivity index (χ4n) is 2.30. The zero-order valence-electron chi connectivity index (χ0n) is 10.2. The lowest BCUT2D eigenvalue weighted by Gasteiger charge is -2.14. The van der Waals surface area contributed by atoms with E-state index < -0.39 is 5.82 Å². The first-order valence-electron chi connectivity index (χ1n) is 6.39. The summed E-state index contributed by atoms with van der Waals surface area (Å²) in [5.41, 5.74) is 0.890. The van der Waals surface area contributed by atoms with Crippen molar-refractivity contribution >= 4 is 23.4 Å². The normalized spacial score (nSPS) is 18.2. The summed E-state index contributed by atoms with van der Waals surface area (Å²) in [4.78, 5) is 0. The Morgan fingerprint density at radius 2 is 2.11 bits per heavy atom. The van der Waals surface area contributed by atoms with Gasteiger partial charge in [-0.3, -0.25) is 0 Å². The highest BCUT2D eigenvalue weighted by Gasteiger charge is 2.17. The number of rotatable bonds is 5. The van der Waals surface area contributed by atoms with E-state index in [4.69, 9.17) is 11.6 Å². The van der Waals surface area contributed by atoms with Crippen LogP contribution in [0.2, 0.25) is 5.02 Å². The van der Waals surface area contributed by atoms with Crippen molar-refractivity contribution in [3.05, 3.63) is 34.6 Å². The van der Waals surface area contributed by atoms with Gasteiger partial charge in [-0.15, -0.1) is 0 Å². The molecule has 1 nitrogen and oxygen atoms in total. The second-order valence-corrected chi connectivity index (χ2v) is 6.59. The van der Waals surface area contributed by atoms with Crippen molar-refractivity contribution in [2.24, 2.45) is 0 Å². The fraction of sp³-hybridized carbons (Fsp3) is 0.571. The topological polar surface area (TPSA) is 20.2 Å². The van der Waals surface area contributed by atoms with Gasteiger partial charge in [-0.1, -0.05) is 30.5 Å². The van der Waals surface area contributed by atoms with Crippen molar-refractivity contribution in [2.75, 3.05) is 5.75 Å². The van der Waals surface area contributed by atoms with Crippen LogP contribution in [0.4, 0.5) is 4.39 Å². The number of benzene rings is 1. The van der Waals surface area contributed by atoms with E-state index in [2.05, 4.69) is 0 Å². The lowest BCUT2D eigenvalue weighted by Crippen LogP contribution is -2.15. The van der Waals surface area contributed by atoms with E-state index in [0.717, 1.165) is 16.6 Å². The van der Waals surface area contributed by atoms with Gasteiger partial charge < -0.3 is 5.11 Å². The van der Waals surface area contributed by atoms with Crippen molar-refractivity contribution in [1.82, 2.24) is 0 Å². The molecule has 0 saturated heterocycles. The first-order valence-corrected chi connectivity index (χ1v) is 7.81. The predicted octanol–water partition coefficient (Wildman–Crippen LogP) is 4.06. The van der Waals surface area contributed by atoms with Crippen LogP contribution in [0.3, 0.4) is 0 Å². The van der Waals surface area contributed by atoms with Gasteiger partial charge in [0, 0.05) is 11.0 Å². The minimum absolute atomic E-state index is 0.128. The molecular weight excluding hydrogens is 271 g/mol. The molecule has 0 spiro atoms. The van der Waals surface area contributed by atoms with E-state index in [1.165, 1.54) is 31.7 Å². The summed E-state index contributed by atoms with van der Waals surface area (Å²) < 4.78 is 13.0. The first kappa shape index (κ1) is 14.2. The molecule has 1 unspecified atom stereocenters. The third-order valence-corrected chi connectivity index (χ3v) is 5.09. The fourth-order valence-corrected chi connectivity index (χ4v) is 3.78. The van der Waals surface area contributed by atoms with Gasteiger partial charge in [0.15, 0.2) is 0 Å². The van der Waals surface area contributed by atoms with Crippen LogP contribution in [0.1, 0.15) is 31.2 Å². The maximum absolute atomic E-state index is 13.0. The van der Waals surface area contributed by atoms with Gasteiger partial charge in [0.25, 0.3) is 0 Å². The highest BCUT2D eigenvalue weighted by molar-refractivity contribution is 7.99. The Hall–Kier alpha value is -0.250. The smallest absolute Gasteiger partial charge is 0.141 e. The molecule has 4 heteroatoms. The second-order valence-electron chi connectivity index (χ2n) is 4.85. The molecular formula is C14H18ClFOS. The van der Waals surface area contributed by atoms with Crippen molar-refractivity contribution in [2.45, 2.75) is 43.5 Å². The van der Waals surface area contributed by atoms with Gasteiger partial charge in [0.2, 0.25) is 0 Å². The van der Waals surface area contributed by atoms with E-state index >= 15 is 0 Å². The van der Waals surface area contributed by atoms with E-state index in [-0.39, 0.29) is 11.1 Å². The molecule has 18 heavy (non-hydrogen) atoms. The first-order chi connectivity index (χ1) is 8.65. The number of thioether (sulfide) groups is 1. The van der Waals surface area contributed by atoms with Crippen LogP contribution in [0.5, 0.6) is 0 Å². The summed E-state index contributed by atoms with van der Waals surface area (Å²) in [6, 6.07) is 4.64. The van der Waals surface area contributed by atoms with Crippen LogP contribution in [-0.4, -0.2) is 22.2 Å². The van der Waals surface area contributed by atoms with E-state index in [0.29, 0.717) is 6.42 Å². The maximum atomic E-state index is 13.0. The zero-order valence-corrected chi connectivity index (χ0v) is 11.8. The van der Waals surface area contributed by atoms with Crippen LogP contribution in [0.15, 0.2) is 18.2 Å². The van der Waals surface area contributed by atoms with Gasteiger partial charge in [-0.05, 0) is 37.0 Å². The summed E-state index contributed by atoms with van der Waals surface area (Å²) in [7, 11) is 0. The van der Waals surface area contributed by atoms with Crippen LogP contribution >= 0.6 is 23.4 Å². The molecule has 1 saturated carbocycles. The lowest BCUT2D eigenvalue weighted by molar-refractivity contribution is 0.200. The molecule has 0 aliphatic heterocycles. The van der Waals surface area contributed by atoms with Gasteiger partial charge in [0.1, 0.15) is 5.82 Å². The van der Waals surface area contributed by atoms with Crippen molar-refractivity contribution < 1.29 is 9.50 Å². The standard InChI is InChI=1S/C14H18ClFOS/c15-13-8-10(5-6-14(13)16)7-11(17)9-18-12-3-1-2-4-12/h5-6,8,11-12,17H,1-4,7,9H2. The van der Waals surface area contributed by atoms with Crippen LogP contribution in [0, 0.1) is 5.82 Å². The summed E-state index contributed by atoms with van der Waals surface area (Å²) in [5.74, 6) is 0.342. The Balaban J connectivity index is 1.78. The molecule has 1 aromatic rings. The Morgan fingerprint density at radius 1 is 1.39 bits per heavy atom. The molecule has 0 radical (unpaired) electrons. The molecule has 1 N–H and O–H groups in total. The van der Waals surface area contributed by atoms with Crippen molar-refractivity contribution in [1.29, 1.82) is 0 Å². The molecule has 1 aliphatic carbocycles. The highest BCUT2D eigenvalue weighted by atomic mass is 35.5. The molecule has 1 aliphatic rings. The Morgan fingerprint density at radius 3 is 2.78 bits per heavy atom. The largest absolute Gasteiger partial charge is 0.392 e. The quantitative estimate of drug-likeness (QED) is 0.882. The maximum Gasteiger partial charge on any atom is 0.141 e. The number of hydrogen-bond donors (Lipinski definition) is 1. The molecule has 0 bridgehead atoms. The minimum atomic E-state index is -0.407. The van der Waals surface area contributed by atoms with Crippen LogP contribution in [0.25, 0.3) is 0 Å². The Labute approximate surface area is 117 Å². The third-order valence-electron chi connectivity index (χ3n) is 3.28. The molecule has 100 valence electrons. The molecule has 1 aromatic carbocycles. The zero-order chi connectivity index (χ0) is 13.0. The Kier molecular flexibility index (Phi) is 5.34. The predicted molar refractivity (Wildman–Crippen MR) is 75.8 cm³/mol. The highest BCUT2D eigenvalue weighted by Crippen LogP contribution is 2.30. The monoisotopic (exact) mass is 288 g/mol. The summed E-state index contributed by atoms with van der Waals surface area (Å²) in [6.45, 7) is 0. The molecule has 0 aromatic heterocycles. The molecule has 1 fully saturated rings. The average molecular weight is 289 g/mol. The molecule has 0 amide bonds. The summed E-state index contributed by atoms with van der Waals surface area (Å²) >= 11 is 7.58. The lowest BCUT2D eigenvalue weighted by atomic mass is 10.1. The number of halogens is 2. The second kappa shape index (κ2) is 6.78. The van der Waals surface area contributed by atoms with Gasteiger partial charge in [-0.25, -0.2) is 4.39 Å². The molecule has 1 atom stereocenters.